The zero-order valence-corrected chi connectivity index (χ0v) is 7.34. The van der Waals surface area contributed by atoms with Gasteiger partial charge in [0, 0.05) is 6.42 Å². The number of carbonyl (C=O) groups excluding carboxylic acids is 2. The molecule has 3 nitrogen and oxygen atoms in total. The molecule has 3 heteroatoms. The molecule has 0 atom stereocenters. The minimum atomic E-state index is -0.747. The molecule has 0 saturated carbocycles. The molecule has 0 heterocycles. The van der Waals surface area contributed by atoms with Crippen LogP contribution < -0.4 is 0 Å². The van der Waals surface area contributed by atoms with Gasteiger partial charge in [-0.15, -0.1) is 0 Å². The van der Waals surface area contributed by atoms with Crippen LogP contribution in [-0.2, 0) is 14.3 Å². The molecule has 0 bridgehead atoms. The van der Waals surface area contributed by atoms with Gasteiger partial charge in [0.25, 0.3) is 0 Å². The third-order valence-electron chi connectivity index (χ3n) is 1.32. The van der Waals surface area contributed by atoms with E-state index in [0.717, 1.165) is 12.8 Å². The first kappa shape index (κ1) is 10.9. The number of hydrogen-bond acceptors (Lipinski definition) is 3. The summed E-state index contributed by atoms with van der Waals surface area (Å²) < 4.78 is 4.54. The predicted octanol–water partition coefficient (Wildman–Crippen LogP) is 1.47. The summed E-state index contributed by atoms with van der Waals surface area (Å²) in [5.41, 5.74) is 0. The lowest BCUT2D eigenvalue weighted by atomic mass is 10.2. The summed E-state index contributed by atoms with van der Waals surface area (Å²) >= 11 is 0. The van der Waals surface area contributed by atoms with Gasteiger partial charge in [0.1, 0.15) is 6.61 Å². The number of unbranched alkanes of at least 4 members (excludes halogenated alkanes) is 1. The molecule has 0 radical (unpaired) electrons. The fraction of sp³-hybridized carbons (Fsp3) is 0.556. The van der Waals surface area contributed by atoms with Crippen molar-refractivity contribution in [2.24, 2.45) is 0 Å². The van der Waals surface area contributed by atoms with Crippen molar-refractivity contribution in [2.45, 2.75) is 26.2 Å². The highest BCUT2D eigenvalue weighted by molar-refractivity contribution is 6.33. The molecular weight excluding hydrogens is 156 g/mol. The number of carbonyl (C=O) groups is 2. The Morgan fingerprint density at radius 2 is 2.17 bits per heavy atom. The van der Waals surface area contributed by atoms with E-state index < -0.39 is 11.8 Å². The molecule has 0 saturated heterocycles. The van der Waals surface area contributed by atoms with E-state index in [2.05, 4.69) is 11.3 Å². The van der Waals surface area contributed by atoms with Gasteiger partial charge in [0.05, 0.1) is 0 Å². The lowest BCUT2D eigenvalue weighted by Crippen LogP contribution is -2.16. The van der Waals surface area contributed by atoms with Crippen LogP contribution in [0.25, 0.3) is 0 Å². The molecular formula is C9H14O3. The van der Waals surface area contributed by atoms with Crippen molar-refractivity contribution in [3.05, 3.63) is 12.7 Å². The molecule has 0 aliphatic rings. The molecule has 0 aromatic rings. The van der Waals surface area contributed by atoms with E-state index >= 15 is 0 Å². The fourth-order valence-electron chi connectivity index (χ4n) is 0.655. The highest BCUT2D eigenvalue weighted by atomic mass is 16.5. The van der Waals surface area contributed by atoms with Gasteiger partial charge in [-0.25, -0.2) is 4.79 Å². The van der Waals surface area contributed by atoms with E-state index in [-0.39, 0.29) is 13.0 Å². The van der Waals surface area contributed by atoms with E-state index in [9.17, 15) is 9.59 Å². The maximum absolute atomic E-state index is 10.9. The fourth-order valence-corrected chi connectivity index (χ4v) is 0.655. The van der Waals surface area contributed by atoms with Crippen LogP contribution in [0.4, 0.5) is 0 Å². The van der Waals surface area contributed by atoms with Crippen LogP contribution in [0.1, 0.15) is 26.2 Å². The van der Waals surface area contributed by atoms with Gasteiger partial charge in [-0.05, 0) is 6.42 Å². The third kappa shape index (κ3) is 4.66. The Morgan fingerprint density at radius 1 is 1.50 bits per heavy atom. The summed E-state index contributed by atoms with van der Waals surface area (Å²) in [7, 11) is 0. The number of rotatable bonds is 6. The van der Waals surface area contributed by atoms with E-state index in [1.54, 1.807) is 0 Å². The first-order valence-electron chi connectivity index (χ1n) is 4.03. The van der Waals surface area contributed by atoms with Crippen LogP contribution in [0.5, 0.6) is 0 Å². The number of esters is 1. The number of ether oxygens (including phenoxy) is 1. The molecule has 0 aromatic heterocycles. The summed E-state index contributed by atoms with van der Waals surface area (Å²) in [6.45, 7) is 5.43. The summed E-state index contributed by atoms with van der Waals surface area (Å²) in [4.78, 5) is 21.7. The minimum Gasteiger partial charge on any atom is -0.456 e. The second kappa shape index (κ2) is 6.58. The van der Waals surface area contributed by atoms with Gasteiger partial charge < -0.3 is 4.74 Å². The molecule has 0 spiro atoms. The largest absolute Gasteiger partial charge is 0.456 e. The lowest BCUT2D eigenvalue weighted by Gasteiger charge is -1.99. The van der Waals surface area contributed by atoms with Crippen molar-refractivity contribution in [3.8, 4) is 0 Å². The summed E-state index contributed by atoms with van der Waals surface area (Å²) in [5, 5.41) is 0. The molecule has 0 fully saturated rings. The third-order valence-corrected chi connectivity index (χ3v) is 1.32. The van der Waals surface area contributed by atoms with Crippen LogP contribution in [-0.4, -0.2) is 18.4 Å². The Balaban J connectivity index is 3.61. The van der Waals surface area contributed by atoms with Crippen LogP contribution in [0.3, 0.4) is 0 Å². The minimum absolute atomic E-state index is 0.108. The van der Waals surface area contributed by atoms with Crippen LogP contribution >= 0.6 is 0 Å². The zero-order valence-electron chi connectivity index (χ0n) is 7.34. The molecule has 0 unspecified atom stereocenters. The molecule has 0 N–H and O–H groups in total. The topological polar surface area (TPSA) is 43.4 Å². The Morgan fingerprint density at radius 3 is 2.67 bits per heavy atom. The Bertz CT molecular complexity index is 173. The maximum Gasteiger partial charge on any atom is 0.374 e. The van der Waals surface area contributed by atoms with Gasteiger partial charge in [0.15, 0.2) is 0 Å². The average molecular weight is 170 g/mol. The Kier molecular flexibility index (Phi) is 5.97. The smallest absolute Gasteiger partial charge is 0.374 e. The molecule has 0 aliphatic heterocycles. The summed E-state index contributed by atoms with van der Waals surface area (Å²) in [6, 6.07) is 0. The SMILES string of the molecule is C=CCOC(=O)C(=O)CCCC. The van der Waals surface area contributed by atoms with Gasteiger partial charge in [-0.3, -0.25) is 4.79 Å². The van der Waals surface area contributed by atoms with E-state index in [1.807, 2.05) is 6.92 Å². The normalized spacial score (nSPS) is 9.08. The van der Waals surface area contributed by atoms with Crippen LogP contribution in [0.2, 0.25) is 0 Å². The summed E-state index contributed by atoms with van der Waals surface area (Å²) in [5.74, 6) is -1.19. The van der Waals surface area contributed by atoms with Crippen molar-refractivity contribution in [3.63, 3.8) is 0 Å². The quantitative estimate of drug-likeness (QED) is 0.344. The van der Waals surface area contributed by atoms with E-state index in [4.69, 9.17) is 0 Å². The highest BCUT2D eigenvalue weighted by Gasteiger charge is 2.12. The monoisotopic (exact) mass is 170 g/mol. The van der Waals surface area contributed by atoms with Crippen molar-refractivity contribution in [1.82, 2.24) is 0 Å². The molecule has 12 heavy (non-hydrogen) atoms. The van der Waals surface area contributed by atoms with Crippen molar-refractivity contribution >= 4 is 11.8 Å². The van der Waals surface area contributed by atoms with Gasteiger partial charge in [-0.2, -0.15) is 0 Å². The molecule has 0 aromatic carbocycles. The van der Waals surface area contributed by atoms with E-state index in [1.165, 1.54) is 6.08 Å². The second-order valence-electron chi connectivity index (χ2n) is 2.41. The molecule has 0 rings (SSSR count). The van der Waals surface area contributed by atoms with Gasteiger partial charge >= 0.3 is 5.97 Å². The van der Waals surface area contributed by atoms with Crippen molar-refractivity contribution in [1.29, 1.82) is 0 Å². The van der Waals surface area contributed by atoms with E-state index in [0.29, 0.717) is 0 Å². The van der Waals surface area contributed by atoms with Crippen molar-refractivity contribution in [2.75, 3.05) is 6.61 Å². The molecule has 0 aliphatic carbocycles. The second-order valence-corrected chi connectivity index (χ2v) is 2.41. The standard InChI is InChI=1S/C9H14O3/c1-3-5-6-8(10)9(11)12-7-4-2/h4H,2-3,5-7H2,1H3. The highest BCUT2D eigenvalue weighted by Crippen LogP contribution is 1.96. The number of hydrogen-bond donors (Lipinski definition) is 0. The molecule has 0 amide bonds. The first-order valence-corrected chi connectivity index (χ1v) is 4.03. The number of Topliss-reactive ketones (excluding diaryl/α,β-unsaturated/α-hetero) is 1. The van der Waals surface area contributed by atoms with Gasteiger partial charge in [-0.1, -0.05) is 26.0 Å². The van der Waals surface area contributed by atoms with Crippen molar-refractivity contribution < 1.29 is 14.3 Å². The lowest BCUT2D eigenvalue weighted by molar-refractivity contribution is -0.153. The Labute approximate surface area is 72.4 Å². The predicted molar refractivity (Wildman–Crippen MR) is 45.7 cm³/mol. The Hall–Kier alpha value is -1.12. The van der Waals surface area contributed by atoms with Crippen LogP contribution in [0.15, 0.2) is 12.7 Å². The molecule has 68 valence electrons. The zero-order chi connectivity index (χ0) is 9.40. The maximum atomic E-state index is 10.9. The number of ketones is 1. The average Bonchev–Trinajstić information content (AvgIpc) is 2.10. The van der Waals surface area contributed by atoms with Gasteiger partial charge in [0.2, 0.25) is 5.78 Å². The summed E-state index contributed by atoms with van der Waals surface area (Å²) in [6.07, 6.45) is 3.36. The van der Waals surface area contributed by atoms with Crippen LogP contribution in [0, 0.1) is 0 Å². The first-order chi connectivity index (χ1) is 5.72.